The van der Waals surface area contributed by atoms with Gasteiger partial charge in [-0.15, -0.1) is 0 Å². The molecule has 26 heavy (non-hydrogen) atoms. The Kier molecular flexibility index (Phi) is 4.86. The molecule has 0 spiro atoms. The number of hydrazine groups is 1. The molecule has 0 saturated carbocycles. The number of nitrogens with zero attached hydrogens (tertiary/aromatic N) is 1. The van der Waals surface area contributed by atoms with Gasteiger partial charge in [0.15, 0.2) is 11.5 Å². The second-order valence-corrected chi connectivity index (χ2v) is 6.14. The standard InChI is InChI=1S/C19H17ClN2O4/c1-3-11-4-6-14(7-5-11)22-19(25)15(18(24)21-22)9-12-8-13(20)10-16(26-2)17(12)23/h4-10,23H,3H2,1-2H3,(H,21,24). The average Bonchev–Trinajstić information content (AvgIpc) is 2.92. The number of methoxy groups -OCH3 is 1. The van der Waals surface area contributed by atoms with Crippen LogP contribution in [0.15, 0.2) is 42.0 Å². The first-order valence-electron chi connectivity index (χ1n) is 7.97. The van der Waals surface area contributed by atoms with Gasteiger partial charge in [0.1, 0.15) is 5.57 Å². The number of hydrogen-bond donors (Lipinski definition) is 2. The monoisotopic (exact) mass is 372 g/mol. The second kappa shape index (κ2) is 7.09. The maximum Gasteiger partial charge on any atom is 0.282 e. The number of benzene rings is 2. The van der Waals surface area contributed by atoms with Crippen LogP contribution in [-0.2, 0) is 16.0 Å². The van der Waals surface area contributed by atoms with Crippen LogP contribution in [0.5, 0.6) is 11.5 Å². The van der Waals surface area contributed by atoms with E-state index >= 15 is 0 Å². The summed E-state index contributed by atoms with van der Waals surface area (Å²) in [6.07, 6.45) is 2.17. The van der Waals surface area contributed by atoms with Crippen LogP contribution in [0.25, 0.3) is 6.08 Å². The number of ether oxygens (including phenoxy) is 1. The summed E-state index contributed by atoms with van der Waals surface area (Å²) in [6.45, 7) is 2.03. The molecule has 0 aliphatic carbocycles. The summed E-state index contributed by atoms with van der Waals surface area (Å²) in [5, 5.41) is 11.7. The van der Waals surface area contributed by atoms with Gasteiger partial charge in [-0.1, -0.05) is 30.7 Å². The number of nitrogens with one attached hydrogen (secondary N) is 1. The smallest absolute Gasteiger partial charge is 0.282 e. The molecule has 1 saturated heterocycles. The van der Waals surface area contributed by atoms with Crippen LogP contribution in [0, 0.1) is 0 Å². The molecule has 2 N–H and O–H groups in total. The lowest BCUT2D eigenvalue weighted by Gasteiger charge is -2.14. The van der Waals surface area contributed by atoms with Gasteiger partial charge in [-0.25, -0.2) is 5.01 Å². The topological polar surface area (TPSA) is 78.9 Å². The van der Waals surface area contributed by atoms with E-state index in [2.05, 4.69) is 5.43 Å². The van der Waals surface area contributed by atoms with Crippen molar-refractivity contribution < 1.29 is 19.4 Å². The number of aryl methyl sites for hydroxylation is 1. The first-order chi connectivity index (χ1) is 12.4. The van der Waals surface area contributed by atoms with Gasteiger partial charge < -0.3 is 9.84 Å². The summed E-state index contributed by atoms with van der Waals surface area (Å²) >= 11 is 6.00. The van der Waals surface area contributed by atoms with Crippen LogP contribution in [0.1, 0.15) is 18.1 Å². The first-order valence-corrected chi connectivity index (χ1v) is 8.35. The van der Waals surface area contributed by atoms with Crippen molar-refractivity contribution in [3.63, 3.8) is 0 Å². The summed E-state index contributed by atoms with van der Waals surface area (Å²) < 4.78 is 5.04. The second-order valence-electron chi connectivity index (χ2n) is 5.71. The largest absolute Gasteiger partial charge is 0.504 e. The Bertz CT molecular complexity index is 907. The van der Waals surface area contributed by atoms with E-state index in [1.807, 2.05) is 19.1 Å². The number of amides is 2. The predicted octanol–water partition coefficient (Wildman–Crippen LogP) is 3.08. The van der Waals surface area contributed by atoms with Crippen LogP contribution >= 0.6 is 11.6 Å². The normalized spacial score (nSPS) is 15.5. The van der Waals surface area contributed by atoms with Crippen molar-refractivity contribution in [2.45, 2.75) is 13.3 Å². The molecular weight excluding hydrogens is 356 g/mol. The number of rotatable bonds is 4. The fraction of sp³-hybridized carbons (Fsp3) is 0.158. The van der Waals surface area contributed by atoms with Crippen molar-refractivity contribution in [3.8, 4) is 11.5 Å². The molecule has 6 nitrogen and oxygen atoms in total. The molecule has 0 atom stereocenters. The Labute approximate surface area is 155 Å². The molecular formula is C19H17ClN2O4. The highest BCUT2D eigenvalue weighted by molar-refractivity contribution is 6.32. The minimum absolute atomic E-state index is 0.107. The minimum atomic E-state index is -0.562. The van der Waals surface area contributed by atoms with Crippen molar-refractivity contribution in [1.82, 2.24) is 5.43 Å². The fourth-order valence-corrected chi connectivity index (χ4v) is 2.85. The molecule has 7 heteroatoms. The lowest BCUT2D eigenvalue weighted by atomic mass is 10.1. The van der Waals surface area contributed by atoms with E-state index in [4.69, 9.17) is 16.3 Å². The van der Waals surface area contributed by atoms with Gasteiger partial charge in [-0.2, -0.15) is 0 Å². The quantitative estimate of drug-likeness (QED) is 0.638. The number of anilines is 1. The summed E-state index contributed by atoms with van der Waals surface area (Å²) in [4.78, 5) is 24.9. The molecule has 0 aromatic heterocycles. The van der Waals surface area contributed by atoms with E-state index < -0.39 is 11.8 Å². The van der Waals surface area contributed by atoms with Crippen LogP contribution < -0.4 is 15.2 Å². The third-order valence-electron chi connectivity index (χ3n) is 4.08. The zero-order valence-corrected chi connectivity index (χ0v) is 15.0. The highest BCUT2D eigenvalue weighted by atomic mass is 35.5. The highest BCUT2D eigenvalue weighted by Gasteiger charge is 2.34. The summed E-state index contributed by atoms with van der Waals surface area (Å²) in [5.41, 5.74) is 4.31. The molecule has 1 aliphatic rings. The van der Waals surface area contributed by atoms with Crippen LogP contribution in [0.4, 0.5) is 5.69 Å². The lowest BCUT2D eigenvalue weighted by molar-refractivity contribution is -0.117. The minimum Gasteiger partial charge on any atom is -0.504 e. The zero-order chi connectivity index (χ0) is 18.8. The molecule has 2 aromatic rings. The Morgan fingerprint density at radius 2 is 1.92 bits per heavy atom. The highest BCUT2D eigenvalue weighted by Crippen LogP contribution is 2.35. The average molecular weight is 373 g/mol. The first kappa shape index (κ1) is 17.8. The fourth-order valence-electron chi connectivity index (χ4n) is 2.64. The molecule has 3 rings (SSSR count). The van der Waals surface area contributed by atoms with Gasteiger partial charge in [0.05, 0.1) is 12.8 Å². The number of phenolic OH excluding ortho intramolecular Hbond substituents is 1. The Morgan fingerprint density at radius 1 is 1.23 bits per heavy atom. The molecule has 1 aliphatic heterocycles. The van der Waals surface area contributed by atoms with Gasteiger partial charge in [-0.05, 0) is 36.3 Å². The van der Waals surface area contributed by atoms with Gasteiger partial charge in [-0.3, -0.25) is 15.0 Å². The predicted molar refractivity (Wildman–Crippen MR) is 99.1 cm³/mol. The molecule has 2 aromatic carbocycles. The van der Waals surface area contributed by atoms with Gasteiger partial charge >= 0.3 is 0 Å². The maximum absolute atomic E-state index is 12.7. The van der Waals surface area contributed by atoms with Crippen molar-refractivity contribution >= 4 is 35.2 Å². The summed E-state index contributed by atoms with van der Waals surface area (Å²) in [7, 11) is 1.39. The van der Waals surface area contributed by atoms with Crippen LogP contribution in [0.2, 0.25) is 5.02 Å². The van der Waals surface area contributed by atoms with E-state index in [1.165, 1.54) is 30.3 Å². The van der Waals surface area contributed by atoms with E-state index in [1.54, 1.807) is 12.1 Å². The van der Waals surface area contributed by atoms with Crippen molar-refractivity contribution in [1.29, 1.82) is 0 Å². The lowest BCUT2D eigenvalue weighted by Crippen LogP contribution is -2.35. The molecule has 1 heterocycles. The third-order valence-corrected chi connectivity index (χ3v) is 4.30. The molecule has 134 valence electrons. The number of carbonyl (C=O) groups is 2. The number of phenols is 1. The number of halogens is 1. The molecule has 0 bridgehead atoms. The van der Waals surface area contributed by atoms with Crippen LogP contribution in [0.3, 0.4) is 0 Å². The SMILES string of the molecule is CCc1ccc(N2NC(=O)C(=Cc3cc(Cl)cc(OC)c3O)C2=O)cc1. The molecule has 2 amide bonds. The Hall–Kier alpha value is -2.99. The van der Waals surface area contributed by atoms with Gasteiger partial charge in [0, 0.05) is 16.7 Å². The van der Waals surface area contributed by atoms with Crippen molar-refractivity contribution in [2.24, 2.45) is 0 Å². The summed E-state index contributed by atoms with van der Waals surface area (Å²) in [5.74, 6) is -1.12. The number of hydrogen-bond acceptors (Lipinski definition) is 4. The number of carbonyl (C=O) groups excluding carboxylic acids is 2. The maximum atomic E-state index is 12.7. The van der Waals surface area contributed by atoms with E-state index in [0.717, 1.165) is 12.0 Å². The van der Waals surface area contributed by atoms with Crippen molar-refractivity contribution in [2.75, 3.05) is 12.1 Å². The van der Waals surface area contributed by atoms with Gasteiger partial charge in [0.25, 0.3) is 11.8 Å². The van der Waals surface area contributed by atoms with E-state index in [9.17, 15) is 14.7 Å². The van der Waals surface area contributed by atoms with E-state index in [-0.39, 0.29) is 22.6 Å². The van der Waals surface area contributed by atoms with Crippen LogP contribution in [-0.4, -0.2) is 24.0 Å². The summed E-state index contributed by atoms with van der Waals surface area (Å²) in [6, 6.07) is 10.2. The Balaban J connectivity index is 1.96. The van der Waals surface area contributed by atoms with Gasteiger partial charge in [0.2, 0.25) is 0 Å². The Morgan fingerprint density at radius 3 is 2.54 bits per heavy atom. The van der Waals surface area contributed by atoms with Crippen molar-refractivity contribution in [3.05, 3.63) is 58.1 Å². The zero-order valence-electron chi connectivity index (χ0n) is 14.2. The molecule has 0 radical (unpaired) electrons. The third kappa shape index (κ3) is 3.23. The molecule has 1 fully saturated rings. The molecule has 0 unspecified atom stereocenters. The van der Waals surface area contributed by atoms with E-state index in [0.29, 0.717) is 10.7 Å². The number of aromatic hydroxyl groups is 1.